The molecule has 2 atom stereocenters. The Hall–Kier alpha value is -1.40. The standard InChI is InChI=1S/C10H16N2O4/c1-7(5-8(2)13)11-6-9-3-4-10(16-9)12(14)15/h3-4,7-8,11,13H,5-6H2,1-2H3. The van der Waals surface area contributed by atoms with Crippen molar-refractivity contribution in [2.45, 2.75) is 39.0 Å². The first-order valence-corrected chi connectivity index (χ1v) is 5.13. The van der Waals surface area contributed by atoms with E-state index in [4.69, 9.17) is 9.52 Å². The summed E-state index contributed by atoms with van der Waals surface area (Å²) < 4.78 is 4.98. The van der Waals surface area contributed by atoms with Gasteiger partial charge >= 0.3 is 5.88 Å². The van der Waals surface area contributed by atoms with E-state index in [0.29, 0.717) is 18.7 Å². The van der Waals surface area contributed by atoms with Gasteiger partial charge in [-0.3, -0.25) is 10.1 Å². The van der Waals surface area contributed by atoms with Gasteiger partial charge in [-0.2, -0.15) is 0 Å². The molecule has 6 nitrogen and oxygen atoms in total. The lowest BCUT2D eigenvalue weighted by Crippen LogP contribution is -2.28. The van der Waals surface area contributed by atoms with Gasteiger partial charge in [0, 0.05) is 6.04 Å². The highest BCUT2D eigenvalue weighted by atomic mass is 16.6. The molecule has 6 heteroatoms. The molecule has 2 unspecified atom stereocenters. The van der Waals surface area contributed by atoms with Crippen LogP contribution in [0.25, 0.3) is 0 Å². The zero-order chi connectivity index (χ0) is 12.1. The molecular formula is C10H16N2O4. The minimum atomic E-state index is -0.567. The highest BCUT2D eigenvalue weighted by Gasteiger charge is 2.12. The summed E-state index contributed by atoms with van der Waals surface area (Å²) in [5.41, 5.74) is 0. The van der Waals surface area contributed by atoms with E-state index in [9.17, 15) is 10.1 Å². The van der Waals surface area contributed by atoms with Crippen molar-refractivity contribution in [1.29, 1.82) is 0 Å². The lowest BCUT2D eigenvalue weighted by Gasteiger charge is -2.13. The van der Waals surface area contributed by atoms with Gasteiger partial charge in [0.05, 0.1) is 18.7 Å². The van der Waals surface area contributed by atoms with E-state index in [-0.39, 0.29) is 18.0 Å². The van der Waals surface area contributed by atoms with Gasteiger partial charge in [-0.25, -0.2) is 0 Å². The first kappa shape index (κ1) is 12.7. The number of aliphatic hydroxyl groups excluding tert-OH is 1. The molecule has 0 aliphatic carbocycles. The van der Waals surface area contributed by atoms with Crippen molar-refractivity contribution in [2.24, 2.45) is 0 Å². The smallest absolute Gasteiger partial charge is 0.404 e. The van der Waals surface area contributed by atoms with Gasteiger partial charge in [-0.1, -0.05) is 0 Å². The van der Waals surface area contributed by atoms with Crippen LogP contribution in [0.4, 0.5) is 5.88 Å². The second-order valence-corrected chi connectivity index (χ2v) is 3.86. The van der Waals surface area contributed by atoms with Crippen molar-refractivity contribution in [1.82, 2.24) is 5.32 Å². The summed E-state index contributed by atoms with van der Waals surface area (Å²) in [6.45, 7) is 4.07. The Bertz CT molecular complexity index is 348. The van der Waals surface area contributed by atoms with Gasteiger partial charge in [-0.05, 0) is 26.3 Å². The van der Waals surface area contributed by atoms with Crippen LogP contribution >= 0.6 is 0 Å². The van der Waals surface area contributed by atoms with Gasteiger partial charge in [-0.15, -0.1) is 0 Å². The fourth-order valence-corrected chi connectivity index (χ4v) is 1.43. The highest BCUT2D eigenvalue weighted by molar-refractivity contribution is 5.17. The molecular weight excluding hydrogens is 212 g/mol. The Labute approximate surface area is 93.4 Å². The van der Waals surface area contributed by atoms with Gasteiger partial charge in [0.1, 0.15) is 10.7 Å². The molecule has 1 heterocycles. The Morgan fingerprint density at radius 1 is 1.56 bits per heavy atom. The molecule has 90 valence electrons. The summed E-state index contributed by atoms with van der Waals surface area (Å²) in [5, 5.41) is 22.6. The van der Waals surface area contributed by atoms with E-state index in [1.54, 1.807) is 13.0 Å². The third-order valence-corrected chi connectivity index (χ3v) is 2.15. The molecule has 0 saturated carbocycles. The number of nitro groups is 1. The monoisotopic (exact) mass is 228 g/mol. The lowest BCUT2D eigenvalue weighted by atomic mass is 10.1. The zero-order valence-corrected chi connectivity index (χ0v) is 9.34. The maximum Gasteiger partial charge on any atom is 0.433 e. The van der Waals surface area contributed by atoms with E-state index in [1.165, 1.54) is 6.07 Å². The molecule has 0 saturated heterocycles. The van der Waals surface area contributed by atoms with Gasteiger partial charge in [0.15, 0.2) is 0 Å². The molecule has 0 aliphatic heterocycles. The maximum absolute atomic E-state index is 10.4. The van der Waals surface area contributed by atoms with Crippen LogP contribution in [0.2, 0.25) is 0 Å². The molecule has 0 bridgehead atoms. The molecule has 0 spiro atoms. The fraction of sp³-hybridized carbons (Fsp3) is 0.600. The number of rotatable bonds is 6. The third-order valence-electron chi connectivity index (χ3n) is 2.15. The number of nitrogens with zero attached hydrogens (tertiary/aromatic N) is 1. The van der Waals surface area contributed by atoms with Crippen LogP contribution in [-0.4, -0.2) is 22.2 Å². The van der Waals surface area contributed by atoms with Crippen molar-refractivity contribution in [3.63, 3.8) is 0 Å². The molecule has 1 aromatic rings. The summed E-state index contributed by atoms with van der Waals surface area (Å²) in [4.78, 5) is 9.79. The molecule has 1 rings (SSSR count). The summed E-state index contributed by atoms with van der Waals surface area (Å²) >= 11 is 0. The van der Waals surface area contributed by atoms with Crippen LogP contribution in [0, 0.1) is 10.1 Å². The summed E-state index contributed by atoms with van der Waals surface area (Å²) in [6.07, 6.45) is 0.261. The predicted octanol–water partition coefficient (Wildman–Crippen LogP) is 1.44. The SMILES string of the molecule is CC(O)CC(C)NCc1ccc([N+](=O)[O-])o1. The highest BCUT2D eigenvalue weighted by Crippen LogP contribution is 2.15. The molecule has 16 heavy (non-hydrogen) atoms. The van der Waals surface area contributed by atoms with E-state index in [2.05, 4.69) is 5.32 Å². The Morgan fingerprint density at radius 3 is 2.75 bits per heavy atom. The summed E-state index contributed by atoms with van der Waals surface area (Å²) in [6, 6.07) is 3.03. The van der Waals surface area contributed by atoms with Gasteiger partial charge in [0.25, 0.3) is 0 Å². The Balaban J connectivity index is 2.39. The molecule has 0 fully saturated rings. The van der Waals surface area contributed by atoms with Crippen LogP contribution < -0.4 is 5.32 Å². The number of aliphatic hydroxyl groups is 1. The summed E-state index contributed by atoms with van der Waals surface area (Å²) in [7, 11) is 0. The van der Waals surface area contributed by atoms with Crippen LogP contribution in [-0.2, 0) is 6.54 Å². The van der Waals surface area contributed by atoms with E-state index < -0.39 is 4.92 Å². The first-order chi connectivity index (χ1) is 7.49. The van der Waals surface area contributed by atoms with Gasteiger partial charge < -0.3 is 14.8 Å². The van der Waals surface area contributed by atoms with Crippen LogP contribution in [0.1, 0.15) is 26.0 Å². The topological polar surface area (TPSA) is 88.5 Å². The van der Waals surface area contributed by atoms with E-state index in [0.717, 1.165) is 0 Å². The molecule has 2 N–H and O–H groups in total. The Kier molecular flexibility index (Phi) is 4.45. The first-order valence-electron chi connectivity index (χ1n) is 5.13. The largest absolute Gasteiger partial charge is 0.433 e. The average Bonchev–Trinajstić information content (AvgIpc) is 2.61. The number of nitrogens with one attached hydrogen (secondary N) is 1. The van der Waals surface area contributed by atoms with Crippen LogP contribution in [0.3, 0.4) is 0 Å². The number of hydrogen-bond acceptors (Lipinski definition) is 5. The minimum Gasteiger partial charge on any atom is -0.404 e. The molecule has 1 aromatic heterocycles. The van der Waals surface area contributed by atoms with Crippen LogP contribution in [0.15, 0.2) is 16.5 Å². The molecule has 0 aliphatic rings. The molecule has 0 aromatic carbocycles. The second-order valence-electron chi connectivity index (χ2n) is 3.86. The third kappa shape index (κ3) is 4.00. The predicted molar refractivity (Wildman–Crippen MR) is 58.0 cm³/mol. The van der Waals surface area contributed by atoms with Crippen molar-refractivity contribution >= 4 is 5.88 Å². The Morgan fingerprint density at radius 2 is 2.25 bits per heavy atom. The van der Waals surface area contributed by atoms with Gasteiger partial charge in [0.2, 0.25) is 0 Å². The van der Waals surface area contributed by atoms with Crippen molar-refractivity contribution in [2.75, 3.05) is 0 Å². The fourth-order valence-electron chi connectivity index (χ4n) is 1.43. The van der Waals surface area contributed by atoms with Crippen molar-refractivity contribution in [3.05, 3.63) is 28.0 Å². The zero-order valence-electron chi connectivity index (χ0n) is 9.34. The van der Waals surface area contributed by atoms with E-state index in [1.807, 2.05) is 6.92 Å². The van der Waals surface area contributed by atoms with Crippen LogP contribution in [0.5, 0.6) is 0 Å². The van der Waals surface area contributed by atoms with E-state index >= 15 is 0 Å². The van der Waals surface area contributed by atoms with Crippen molar-refractivity contribution < 1.29 is 14.4 Å². The average molecular weight is 228 g/mol. The maximum atomic E-state index is 10.4. The normalized spacial score (nSPS) is 14.7. The number of furan rings is 1. The number of hydrogen-bond donors (Lipinski definition) is 2. The lowest BCUT2D eigenvalue weighted by molar-refractivity contribution is -0.402. The molecule has 0 radical (unpaired) electrons. The quantitative estimate of drug-likeness (QED) is 0.568. The minimum absolute atomic E-state index is 0.129. The summed E-state index contributed by atoms with van der Waals surface area (Å²) in [5.74, 6) is 0.268. The molecule has 0 amide bonds. The van der Waals surface area contributed by atoms with Crippen molar-refractivity contribution in [3.8, 4) is 0 Å². The second kappa shape index (κ2) is 5.62.